The van der Waals surface area contributed by atoms with E-state index in [2.05, 4.69) is 0 Å². The van der Waals surface area contributed by atoms with E-state index >= 15 is 0 Å². The molecule has 116 valence electrons. The van der Waals surface area contributed by atoms with Gasteiger partial charge in [-0.3, -0.25) is 4.90 Å². The first-order valence-electron chi connectivity index (χ1n) is 7.04. The predicted octanol–water partition coefficient (Wildman–Crippen LogP) is 4.39. The fraction of sp³-hybridized carbons (Fsp3) is 0.533. The molecule has 1 aliphatic rings. The molecule has 0 N–H and O–H groups in total. The Morgan fingerprint density at radius 1 is 1.38 bits per heavy atom. The van der Waals surface area contributed by atoms with Gasteiger partial charge < -0.3 is 4.74 Å². The maximum atomic E-state index is 12.8. The topological polar surface area (TPSA) is 29.5 Å². The molecule has 0 unspecified atom stereocenters. The number of carbonyl (C=O) groups is 1. The molecule has 0 saturated heterocycles. The highest BCUT2D eigenvalue weighted by Crippen LogP contribution is 2.37. The second kappa shape index (κ2) is 5.95. The molecule has 0 radical (unpaired) electrons. The van der Waals surface area contributed by atoms with E-state index in [0.717, 1.165) is 18.6 Å². The number of hydrogen-bond acceptors (Lipinski definition) is 2. The van der Waals surface area contributed by atoms with Crippen molar-refractivity contribution < 1.29 is 22.7 Å². The summed E-state index contributed by atoms with van der Waals surface area (Å²) in [4.78, 5) is 13.6. The molecule has 0 fully saturated rings. The first-order valence-corrected chi connectivity index (χ1v) is 7.04. The lowest BCUT2D eigenvalue weighted by molar-refractivity contribution is -0.137. The summed E-state index contributed by atoms with van der Waals surface area (Å²) in [6.07, 6.45) is -2.95. The number of anilines is 1. The summed E-state index contributed by atoms with van der Waals surface area (Å²) in [5.74, 6) is 0. The van der Waals surface area contributed by atoms with Crippen LogP contribution in [-0.2, 0) is 17.3 Å². The van der Waals surface area contributed by atoms with Gasteiger partial charge >= 0.3 is 12.3 Å². The molecular formula is C15H18F3NO2. The number of alkyl halides is 3. The number of nitrogens with zero attached hydrogens (tertiary/aromatic N) is 1. The lowest BCUT2D eigenvalue weighted by atomic mass is 9.93. The molecule has 0 aromatic heterocycles. The van der Waals surface area contributed by atoms with Crippen molar-refractivity contribution in [2.45, 2.75) is 45.3 Å². The van der Waals surface area contributed by atoms with Crippen LogP contribution in [0.3, 0.4) is 0 Å². The molecular weight excluding hydrogens is 283 g/mol. The van der Waals surface area contributed by atoms with Crippen LogP contribution in [0.15, 0.2) is 18.2 Å². The lowest BCUT2D eigenvalue weighted by Gasteiger charge is -2.36. The van der Waals surface area contributed by atoms with Crippen LogP contribution in [0.25, 0.3) is 0 Å². The lowest BCUT2D eigenvalue weighted by Crippen LogP contribution is -2.43. The zero-order chi connectivity index (χ0) is 15.6. The maximum Gasteiger partial charge on any atom is 0.416 e. The smallest absolute Gasteiger partial charge is 0.416 e. The van der Waals surface area contributed by atoms with Gasteiger partial charge in [-0.15, -0.1) is 0 Å². The Balaban J connectivity index is 2.41. The summed E-state index contributed by atoms with van der Waals surface area (Å²) in [7, 11) is 0. The Labute approximate surface area is 121 Å². The largest absolute Gasteiger partial charge is 0.449 e. The third kappa shape index (κ3) is 3.14. The van der Waals surface area contributed by atoms with Gasteiger partial charge in [0.25, 0.3) is 0 Å². The molecule has 1 amide bonds. The number of hydrogen-bond donors (Lipinski definition) is 0. The van der Waals surface area contributed by atoms with Crippen LogP contribution in [0.4, 0.5) is 23.7 Å². The number of fused-ring (bicyclic) bond motifs is 1. The zero-order valence-corrected chi connectivity index (χ0v) is 12.0. The molecule has 0 bridgehead atoms. The number of benzene rings is 1. The summed E-state index contributed by atoms with van der Waals surface area (Å²) in [6.45, 7) is 3.89. The van der Waals surface area contributed by atoms with Crippen LogP contribution < -0.4 is 4.90 Å². The molecule has 6 heteroatoms. The van der Waals surface area contributed by atoms with E-state index in [0.29, 0.717) is 24.1 Å². The average molecular weight is 301 g/mol. The number of halogens is 3. The fourth-order valence-electron chi connectivity index (χ4n) is 2.67. The number of rotatable bonds is 2. The van der Waals surface area contributed by atoms with Crippen LogP contribution in [0.5, 0.6) is 0 Å². The zero-order valence-electron chi connectivity index (χ0n) is 12.0. The normalized spacial score (nSPS) is 18.3. The van der Waals surface area contributed by atoms with Crippen molar-refractivity contribution in [3.8, 4) is 0 Å². The Hall–Kier alpha value is -1.72. The van der Waals surface area contributed by atoms with E-state index in [-0.39, 0.29) is 12.6 Å². The van der Waals surface area contributed by atoms with Crippen molar-refractivity contribution in [1.82, 2.24) is 0 Å². The number of carbonyl (C=O) groups excluding carboxylic acids is 1. The summed E-state index contributed by atoms with van der Waals surface area (Å²) in [5, 5.41) is 0. The Morgan fingerprint density at radius 3 is 2.67 bits per heavy atom. The van der Waals surface area contributed by atoms with Crippen LogP contribution in [0.2, 0.25) is 0 Å². The quantitative estimate of drug-likeness (QED) is 0.810. The van der Waals surface area contributed by atoms with Crippen molar-refractivity contribution in [2.24, 2.45) is 0 Å². The molecule has 3 nitrogen and oxygen atoms in total. The summed E-state index contributed by atoms with van der Waals surface area (Å²) < 4.78 is 43.3. The highest BCUT2D eigenvalue weighted by molar-refractivity contribution is 5.90. The van der Waals surface area contributed by atoms with Gasteiger partial charge in [0.2, 0.25) is 0 Å². The summed E-state index contributed by atoms with van der Waals surface area (Å²) in [6, 6.07) is 3.49. The van der Waals surface area contributed by atoms with E-state index < -0.39 is 17.8 Å². The van der Waals surface area contributed by atoms with E-state index in [4.69, 9.17) is 4.74 Å². The third-order valence-corrected chi connectivity index (χ3v) is 3.71. The van der Waals surface area contributed by atoms with Crippen molar-refractivity contribution in [3.63, 3.8) is 0 Å². The van der Waals surface area contributed by atoms with E-state index in [9.17, 15) is 18.0 Å². The molecule has 0 aliphatic carbocycles. The molecule has 1 heterocycles. The minimum absolute atomic E-state index is 0.0340. The monoisotopic (exact) mass is 301 g/mol. The second-order valence-corrected chi connectivity index (χ2v) is 5.01. The van der Waals surface area contributed by atoms with E-state index in [1.165, 1.54) is 11.0 Å². The summed E-state index contributed by atoms with van der Waals surface area (Å²) in [5.41, 5.74) is 0.391. The number of ether oxygens (including phenoxy) is 1. The van der Waals surface area contributed by atoms with E-state index in [1.54, 1.807) is 6.92 Å². The first kappa shape index (κ1) is 15.7. The standard InChI is InChI=1S/C15H18F3NO2/c1-3-12-7-5-10-9-11(15(16,17)18)6-8-13(10)19(12)14(20)21-4-2/h6,8-9,12H,3-5,7H2,1-2H3/t12-/m1/s1. The van der Waals surface area contributed by atoms with Crippen molar-refractivity contribution >= 4 is 11.8 Å². The Bertz CT molecular complexity index is 528. The molecule has 0 saturated carbocycles. The minimum Gasteiger partial charge on any atom is -0.449 e. The van der Waals surface area contributed by atoms with Crippen LogP contribution in [0.1, 0.15) is 37.8 Å². The van der Waals surface area contributed by atoms with Crippen LogP contribution in [-0.4, -0.2) is 18.7 Å². The Kier molecular flexibility index (Phi) is 4.44. The number of amides is 1. The minimum atomic E-state index is -4.37. The molecule has 1 aromatic carbocycles. The first-order chi connectivity index (χ1) is 9.88. The van der Waals surface area contributed by atoms with Crippen LogP contribution in [0, 0.1) is 0 Å². The predicted molar refractivity (Wildman–Crippen MR) is 73.3 cm³/mol. The van der Waals surface area contributed by atoms with Gasteiger partial charge in [0.1, 0.15) is 0 Å². The molecule has 1 aliphatic heterocycles. The van der Waals surface area contributed by atoms with Gasteiger partial charge in [-0.05, 0) is 49.9 Å². The van der Waals surface area contributed by atoms with Gasteiger partial charge in [0, 0.05) is 6.04 Å². The maximum absolute atomic E-state index is 12.8. The van der Waals surface area contributed by atoms with Crippen molar-refractivity contribution in [1.29, 1.82) is 0 Å². The highest BCUT2D eigenvalue weighted by Gasteiger charge is 2.35. The second-order valence-electron chi connectivity index (χ2n) is 5.01. The molecule has 1 atom stereocenters. The highest BCUT2D eigenvalue weighted by atomic mass is 19.4. The van der Waals surface area contributed by atoms with Gasteiger partial charge in [0.15, 0.2) is 0 Å². The van der Waals surface area contributed by atoms with Crippen molar-refractivity contribution in [3.05, 3.63) is 29.3 Å². The molecule has 0 spiro atoms. The van der Waals surface area contributed by atoms with Gasteiger partial charge in [-0.1, -0.05) is 6.92 Å². The average Bonchev–Trinajstić information content (AvgIpc) is 2.44. The third-order valence-electron chi connectivity index (χ3n) is 3.71. The Morgan fingerprint density at radius 2 is 2.10 bits per heavy atom. The van der Waals surface area contributed by atoms with Gasteiger partial charge in [-0.2, -0.15) is 13.2 Å². The molecule has 1 aromatic rings. The molecule has 21 heavy (non-hydrogen) atoms. The molecule has 2 rings (SSSR count). The van der Waals surface area contributed by atoms with E-state index in [1.807, 2.05) is 6.92 Å². The SMILES string of the molecule is CCOC(=O)N1c2ccc(C(F)(F)F)cc2CC[C@H]1CC. The summed E-state index contributed by atoms with van der Waals surface area (Å²) >= 11 is 0. The van der Waals surface area contributed by atoms with Crippen molar-refractivity contribution in [2.75, 3.05) is 11.5 Å². The fourth-order valence-corrected chi connectivity index (χ4v) is 2.67. The van der Waals surface area contributed by atoms with Crippen LogP contribution >= 0.6 is 0 Å². The van der Waals surface area contributed by atoms with Gasteiger partial charge in [0.05, 0.1) is 17.9 Å². The van der Waals surface area contributed by atoms with Gasteiger partial charge in [-0.25, -0.2) is 4.79 Å². The number of aryl methyl sites for hydroxylation is 1.